The van der Waals surface area contributed by atoms with Crippen LogP contribution in [0.5, 0.6) is 5.75 Å². The molecule has 0 N–H and O–H groups in total. The number of methoxy groups -OCH3 is 1. The average molecular weight is 350 g/mol. The lowest BCUT2D eigenvalue weighted by Gasteiger charge is -2.05. The zero-order valence-electron chi connectivity index (χ0n) is 12.5. The van der Waals surface area contributed by atoms with E-state index >= 15 is 0 Å². The number of benzene rings is 1. The van der Waals surface area contributed by atoms with Gasteiger partial charge in [-0.15, -0.1) is 11.3 Å². The number of carbonyl (C=O) groups is 1. The number of thiophene rings is 1. The van der Waals surface area contributed by atoms with Crippen LogP contribution < -0.4 is 4.74 Å². The number of carbonyl (C=O) groups excluding carboxylic acids is 1. The van der Waals surface area contributed by atoms with Crippen LogP contribution in [-0.4, -0.2) is 22.9 Å². The number of aromatic nitrogens is 2. The van der Waals surface area contributed by atoms with Crippen molar-refractivity contribution >= 4 is 17.3 Å². The molecule has 0 spiro atoms. The SMILES string of the molecule is COc1ccsc1C(=O)OCc1ccn(-c2c(F)cccc2F)n1. The van der Waals surface area contributed by atoms with E-state index < -0.39 is 17.6 Å². The first-order chi connectivity index (χ1) is 11.6. The van der Waals surface area contributed by atoms with E-state index in [0.717, 1.165) is 16.8 Å². The van der Waals surface area contributed by atoms with E-state index in [1.54, 1.807) is 11.4 Å². The van der Waals surface area contributed by atoms with Gasteiger partial charge in [0, 0.05) is 6.20 Å². The Balaban J connectivity index is 1.72. The summed E-state index contributed by atoms with van der Waals surface area (Å²) in [5, 5.41) is 5.74. The lowest BCUT2D eigenvalue weighted by atomic mass is 10.3. The Morgan fingerprint density at radius 3 is 2.71 bits per heavy atom. The van der Waals surface area contributed by atoms with Crippen LogP contribution >= 0.6 is 11.3 Å². The molecule has 0 fully saturated rings. The monoisotopic (exact) mass is 350 g/mol. The molecule has 8 heteroatoms. The van der Waals surface area contributed by atoms with Crippen molar-refractivity contribution in [3.05, 3.63) is 64.1 Å². The third-order valence-electron chi connectivity index (χ3n) is 3.20. The van der Waals surface area contributed by atoms with Gasteiger partial charge in [-0.2, -0.15) is 5.10 Å². The van der Waals surface area contributed by atoms with E-state index in [-0.39, 0.29) is 12.3 Å². The molecule has 0 amide bonds. The van der Waals surface area contributed by atoms with Gasteiger partial charge in [-0.3, -0.25) is 0 Å². The van der Waals surface area contributed by atoms with E-state index in [2.05, 4.69) is 5.10 Å². The molecule has 124 valence electrons. The molecule has 0 aliphatic rings. The first kappa shape index (κ1) is 16.1. The maximum Gasteiger partial charge on any atom is 0.352 e. The van der Waals surface area contributed by atoms with E-state index in [0.29, 0.717) is 16.3 Å². The fourth-order valence-corrected chi connectivity index (χ4v) is 2.83. The van der Waals surface area contributed by atoms with Crippen LogP contribution in [0, 0.1) is 11.6 Å². The largest absolute Gasteiger partial charge is 0.495 e. The van der Waals surface area contributed by atoms with Gasteiger partial charge in [0.05, 0.1) is 7.11 Å². The van der Waals surface area contributed by atoms with E-state index in [9.17, 15) is 13.6 Å². The van der Waals surface area contributed by atoms with Crippen molar-refractivity contribution in [3.8, 4) is 11.4 Å². The highest BCUT2D eigenvalue weighted by Crippen LogP contribution is 2.25. The average Bonchev–Trinajstić information content (AvgIpc) is 3.21. The van der Waals surface area contributed by atoms with Gasteiger partial charge in [0.1, 0.15) is 23.7 Å². The Hall–Kier alpha value is -2.74. The van der Waals surface area contributed by atoms with Crippen molar-refractivity contribution in [2.45, 2.75) is 6.61 Å². The molecule has 0 aliphatic carbocycles. The number of nitrogens with zero attached hydrogens (tertiary/aromatic N) is 2. The van der Waals surface area contributed by atoms with Crippen LogP contribution in [0.2, 0.25) is 0 Å². The van der Waals surface area contributed by atoms with Gasteiger partial charge >= 0.3 is 5.97 Å². The van der Waals surface area contributed by atoms with E-state index in [1.807, 2.05) is 0 Å². The second kappa shape index (κ2) is 6.79. The minimum Gasteiger partial charge on any atom is -0.495 e. The van der Waals surface area contributed by atoms with Gasteiger partial charge in [0.2, 0.25) is 0 Å². The third-order valence-corrected chi connectivity index (χ3v) is 4.07. The Kier molecular flexibility index (Phi) is 4.57. The molecule has 0 unspecified atom stereocenters. The molecule has 0 saturated heterocycles. The summed E-state index contributed by atoms with van der Waals surface area (Å²) in [5.41, 5.74) is 0.0801. The normalized spacial score (nSPS) is 10.6. The number of halogens is 2. The second-order valence-electron chi connectivity index (χ2n) is 4.72. The number of hydrogen-bond donors (Lipinski definition) is 0. The summed E-state index contributed by atoms with van der Waals surface area (Å²) in [6.45, 7) is -0.122. The Labute approximate surface area is 140 Å². The molecule has 0 atom stereocenters. The summed E-state index contributed by atoms with van der Waals surface area (Å²) < 4.78 is 38.7. The Morgan fingerprint density at radius 1 is 1.25 bits per heavy atom. The highest BCUT2D eigenvalue weighted by Gasteiger charge is 2.17. The molecular formula is C16H12F2N2O3S. The first-order valence-corrected chi connectivity index (χ1v) is 7.75. The van der Waals surface area contributed by atoms with Crippen LogP contribution in [0.3, 0.4) is 0 Å². The predicted molar refractivity (Wildman–Crippen MR) is 83.5 cm³/mol. The third kappa shape index (κ3) is 3.13. The maximum absolute atomic E-state index is 13.7. The van der Waals surface area contributed by atoms with Crippen molar-refractivity contribution in [2.75, 3.05) is 7.11 Å². The van der Waals surface area contributed by atoms with Crippen molar-refractivity contribution in [3.63, 3.8) is 0 Å². The highest BCUT2D eigenvalue weighted by atomic mass is 32.1. The summed E-state index contributed by atoms with van der Waals surface area (Å²) >= 11 is 1.20. The standard InChI is InChI=1S/C16H12F2N2O3S/c1-22-13-6-8-24-15(13)16(21)23-9-10-5-7-20(19-10)14-11(17)3-2-4-12(14)18/h2-8H,9H2,1H3. The lowest BCUT2D eigenvalue weighted by Crippen LogP contribution is -2.06. The first-order valence-electron chi connectivity index (χ1n) is 6.87. The van der Waals surface area contributed by atoms with Gasteiger partial charge in [-0.1, -0.05) is 6.07 Å². The molecule has 0 saturated carbocycles. The van der Waals surface area contributed by atoms with Gasteiger partial charge in [-0.25, -0.2) is 18.3 Å². The van der Waals surface area contributed by atoms with Crippen molar-refractivity contribution in [2.24, 2.45) is 0 Å². The Bertz CT molecular complexity index is 856. The van der Waals surface area contributed by atoms with E-state index in [4.69, 9.17) is 9.47 Å². The molecular weight excluding hydrogens is 338 g/mol. The molecule has 0 bridgehead atoms. The molecule has 2 heterocycles. The smallest absolute Gasteiger partial charge is 0.352 e. The number of esters is 1. The Morgan fingerprint density at radius 2 is 2.00 bits per heavy atom. The fraction of sp³-hybridized carbons (Fsp3) is 0.125. The molecule has 5 nitrogen and oxygen atoms in total. The molecule has 2 aromatic heterocycles. The van der Waals surface area contributed by atoms with Crippen LogP contribution in [-0.2, 0) is 11.3 Å². The zero-order chi connectivity index (χ0) is 17.1. The molecule has 0 aliphatic heterocycles. The number of rotatable bonds is 5. The summed E-state index contributed by atoms with van der Waals surface area (Å²) in [6.07, 6.45) is 1.40. The van der Waals surface area contributed by atoms with Gasteiger partial charge in [0.25, 0.3) is 0 Å². The van der Waals surface area contributed by atoms with Crippen LogP contribution in [0.25, 0.3) is 5.69 Å². The van der Waals surface area contributed by atoms with Crippen LogP contribution in [0.1, 0.15) is 15.4 Å². The van der Waals surface area contributed by atoms with Gasteiger partial charge in [0.15, 0.2) is 16.5 Å². The number of ether oxygens (including phenoxy) is 2. The zero-order valence-corrected chi connectivity index (χ0v) is 13.3. The molecule has 3 rings (SSSR count). The van der Waals surface area contributed by atoms with Crippen LogP contribution in [0.4, 0.5) is 8.78 Å². The quantitative estimate of drug-likeness (QED) is 0.660. The van der Waals surface area contributed by atoms with Crippen molar-refractivity contribution in [1.82, 2.24) is 9.78 Å². The second-order valence-corrected chi connectivity index (χ2v) is 5.63. The topological polar surface area (TPSA) is 53.4 Å². The van der Waals surface area contributed by atoms with Crippen LogP contribution in [0.15, 0.2) is 41.9 Å². The van der Waals surface area contributed by atoms with Crippen molar-refractivity contribution < 1.29 is 23.0 Å². The lowest BCUT2D eigenvalue weighted by molar-refractivity contribution is 0.0470. The minimum atomic E-state index is -0.732. The highest BCUT2D eigenvalue weighted by molar-refractivity contribution is 7.12. The van der Waals surface area contributed by atoms with Crippen molar-refractivity contribution in [1.29, 1.82) is 0 Å². The fourth-order valence-electron chi connectivity index (χ4n) is 2.08. The summed E-state index contributed by atoms with van der Waals surface area (Å²) in [6, 6.07) is 6.74. The molecule has 1 aromatic carbocycles. The predicted octanol–water partition coefficient (Wildman–Crippen LogP) is 3.58. The number of hydrogen-bond acceptors (Lipinski definition) is 5. The molecule has 0 radical (unpaired) electrons. The van der Waals surface area contributed by atoms with Gasteiger partial charge < -0.3 is 9.47 Å². The summed E-state index contributed by atoms with van der Waals surface area (Å²) in [5.74, 6) is -1.58. The summed E-state index contributed by atoms with van der Waals surface area (Å²) in [4.78, 5) is 12.3. The van der Waals surface area contributed by atoms with Gasteiger partial charge in [-0.05, 0) is 29.6 Å². The maximum atomic E-state index is 13.7. The summed E-state index contributed by atoms with van der Waals surface area (Å²) in [7, 11) is 1.46. The number of para-hydroxylation sites is 1. The molecule has 3 aromatic rings. The minimum absolute atomic E-state index is 0.122. The molecule has 24 heavy (non-hydrogen) atoms. The van der Waals surface area contributed by atoms with E-state index in [1.165, 1.54) is 36.8 Å².